The Labute approximate surface area is 49.1 Å². The molecule has 1 saturated carbocycles. The van der Waals surface area contributed by atoms with Crippen molar-refractivity contribution in [2.75, 3.05) is 6.67 Å². The summed E-state index contributed by atoms with van der Waals surface area (Å²) in [7, 11) is 0. The lowest BCUT2D eigenvalue weighted by molar-refractivity contribution is 0.302. The Balaban J connectivity index is 2.41. The molecule has 0 radical (unpaired) electrons. The predicted molar refractivity (Wildman–Crippen MR) is 31.3 cm³/mol. The first-order valence-electron chi connectivity index (χ1n) is 3.03. The minimum atomic E-state index is -0.231. The van der Waals surface area contributed by atoms with Gasteiger partial charge >= 0.3 is 0 Å². The average molecular weight is 117 g/mol. The second kappa shape index (κ2) is 1.69. The summed E-state index contributed by atoms with van der Waals surface area (Å²) in [5, 5.41) is 0. The molecule has 0 bridgehead atoms. The van der Waals surface area contributed by atoms with Crippen LogP contribution in [0.2, 0.25) is 0 Å². The summed E-state index contributed by atoms with van der Waals surface area (Å²) in [5.74, 6) is 0. The quantitative estimate of drug-likeness (QED) is 0.575. The van der Waals surface area contributed by atoms with Crippen LogP contribution in [-0.4, -0.2) is 12.7 Å². The van der Waals surface area contributed by atoms with Gasteiger partial charge in [-0.05, 0) is 19.8 Å². The van der Waals surface area contributed by atoms with E-state index < -0.39 is 0 Å². The predicted octanol–water partition coefficient (Wildman–Crippen LogP) is 1.08. The van der Waals surface area contributed by atoms with Gasteiger partial charge in [0.05, 0.1) is 6.67 Å². The maximum Gasteiger partial charge on any atom is 0.0965 e. The van der Waals surface area contributed by atoms with E-state index in [4.69, 9.17) is 5.73 Å². The third kappa shape index (κ3) is 0.730. The van der Waals surface area contributed by atoms with E-state index in [1.54, 1.807) is 0 Å². The van der Waals surface area contributed by atoms with Gasteiger partial charge in [-0.2, -0.15) is 0 Å². The van der Waals surface area contributed by atoms with Crippen LogP contribution in [0.4, 0.5) is 4.39 Å². The highest BCUT2D eigenvalue weighted by Crippen LogP contribution is 2.48. The van der Waals surface area contributed by atoms with Gasteiger partial charge in [0, 0.05) is 11.5 Å². The van der Waals surface area contributed by atoms with Gasteiger partial charge < -0.3 is 5.73 Å². The number of nitrogens with two attached hydrogens (primary N) is 1. The molecule has 0 spiro atoms. The number of halogens is 1. The summed E-state index contributed by atoms with van der Waals surface area (Å²) < 4.78 is 12.0. The first-order valence-corrected chi connectivity index (χ1v) is 3.03. The molecule has 1 aliphatic rings. The Morgan fingerprint density at radius 2 is 2.25 bits per heavy atom. The van der Waals surface area contributed by atoms with E-state index in [1.807, 2.05) is 6.92 Å². The van der Waals surface area contributed by atoms with Crippen LogP contribution in [0, 0.1) is 5.41 Å². The van der Waals surface area contributed by atoms with Gasteiger partial charge in [0.2, 0.25) is 0 Å². The van der Waals surface area contributed by atoms with E-state index in [1.165, 1.54) is 0 Å². The van der Waals surface area contributed by atoms with E-state index in [0.717, 1.165) is 12.8 Å². The van der Waals surface area contributed by atoms with Crippen molar-refractivity contribution in [3.63, 3.8) is 0 Å². The highest BCUT2D eigenvalue weighted by atomic mass is 19.1. The van der Waals surface area contributed by atoms with E-state index >= 15 is 0 Å². The van der Waals surface area contributed by atoms with Crippen molar-refractivity contribution in [1.82, 2.24) is 0 Å². The fourth-order valence-electron chi connectivity index (χ4n) is 0.871. The molecular weight excluding hydrogens is 105 g/mol. The van der Waals surface area contributed by atoms with Crippen LogP contribution >= 0.6 is 0 Å². The lowest BCUT2D eigenvalue weighted by Gasteiger charge is -2.13. The molecule has 1 aliphatic carbocycles. The molecule has 1 rings (SSSR count). The van der Waals surface area contributed by atoms with Gasteiger partial charge in [0.25, 0.3) is 0 Å². The number of alkyl halides is 1. The van der Waals surface area contributed by atoms with Crippen molar-refractivity contribution in [3.8, 4) is 0 Å². The Morgan fingerprint density at radius 1 is 1.75 bits per heavy atom. The topological polar surface area (TPSA) is 26.0 Å². The normalized spacial score (nSPS) is 27.4. The summed E-state index contributed by atoms with van der Waals surface area (Å²) >= 11 is 0. The molecule has 0 heterocycles. The van der Waals surface area contributed by atoms with Crippen LogP contribution < -0.4 is 5.73 Å². The maximum atomic E-state index is 12.0. The smallest absolute Gasteiger partial charge is 0.0965 e. The molecule has 48 valence electrons. The van der Waals surface area contributed by atoms with Crippen molar-refractivity contribution in [2.45, 2.75) is 25.8 Å². The monoisotopic (exact) mass is 117 g/mol. The minimum Gasteiger partial charge on any atom is -0.327 e. The molecule has 1 nitrogen and oxygen atoms in total. The van der Waals surface area contributed by atoms with Crippen molar-refractivity contribution in [2.24, 2.45) is 11.1 Å². The van der Waals surface area contributed by atoms with Gasteiger partial charge in [0.15, 0.2) is 0 Å². The molecule has 0 saturated heterocycles. The van der Waals surface area contributed by atoms with E-state index in [2.05, 4.69) is 0 Å². The second-order valence-corrected chi connectivity index (χ2v) is 2.78. The molecule has 0 aromatic rings. The standard InChI is InChI=1S/C6H12FN/c1-5(8)6(4-7)2-3-6/h5H,2-4,8H2,1H3. The van der Waals surface area contributed by atoms with Crippen molar-refractivity contribution >= 4 is 0 Å². The zero-order valence-electron chi connectivity index (χ0n) is 5.15. The third-order valence-corrected chi connectivity index (χ3v) is 2.12. The first-order chi connectivity index (χ1) is 3.71. The Kier molecular flexibility index (Phi) is 1.27. The molecule has 0 aliphatic heterocycles. The lowest BCUT2D eigenvalue weighted by Crippen LogP contribution is -2.29. The SMILES string of the molecule is CC(N)C1(CF)CC1. The summed E-state index contributed by atoms with van der Waals surface area (Å²) in [6, 6.07) is 0.0486. The van der Waals surface area contributed by atoms with Crippen molar-refractivity contribution in [1.29, 1.82) is 0 Å². The minimum absolute atomic E-state index is 0.0486. The molecule has 8 heavy (non-hydrogen) atoms. The van der Waals surface area contributed by atoms with Gasteiger partial charge in [-0.25, -0.2) is 0 Å². The Morgan fingerprint density at radius 3 is 2.25 bits per heavy atom. The molecule has 2 N–H and O–H groups in total. The fourth-order valence-corrected chi connectivity index (χ4v) is 0.871. The lowest BCUT2D eigenvalue weighted by atomic mass is 10.0. The highest BCUT2D eigenvalue weighted by molar-refractivity contribution is 4.98. The van der Waals surface area contributed by atoms with Crippen LogP contribution in [-0.2, 0) is 0 Å². The Hall–Kier alpha value is -0.110. The third-order valence-electron chi connectivity index (χ3n) is 2.12. The molecule has 0 aromatic heterocycles. The van der Waals surface area contributed by atoms with Crippen LogP contribution in [0.3, 0.4) is 0 Å². The summed E-state index contributed by atoms with van der Waals surface area (Å²) in [6.07, 6.45) is 1.97. The van der Waals surface area contributed by atoms with Gasteiger partial charge in [-0.15, -0.1) is 0 Å². The zero-order valence-corrected chi connectivity index (χ0v) is 5.15. The van der Waals surface area contributed by atoms with E-state index in [-0.39, 0.29) is 18.1 Å². The fraction of sp³-hybridized carbons (Fsp3) is 1.00. The second-order valence-electron chi connectivity index (χ2n) is 2.78. The van der Waals surface area contributed by atoms with Gasteiger partial charge in [-0.1, -0.05) is 0 Å². The number of hydrogen-bond acceptors (Lipinski definition) is 1. The Bertz CT molecular complexity index is 86.5. The van der Waals surface area contributed by atoms with Gasteiger partial charge in [0.1, 0.15) is 0 Å². The molecule has 0 amide bonds. The number of hydrogen-bond donors (Lipinski definition) is 1. The summed E-state index contributed by atoms with van der Waals surface area (Å²) in [4.78, 5) is 0. The summed E-state index contributed by atoms with van der Waals surface area (Å²) in [5.41, 5.74) is 5.41. The molecule has 0 aromatic carbocycles. The van der Waals surface area contributed by atoms with E-state index in [9.17, 15) is 4.39 Å². The van der Waals surface area contributed by atoms with Crippen LogP contribution in [0.15, 0.2) is 0 Å². The molecule has 1 unspecified atom stereocenters. The zero-order chi connectivity index (χ0) is 6.20. The van der Waals surface area contributed by atoms with Crippen molar-refractivity contribution < 1.29 is 4.39 Å². The maximum absolute atomic E-state index is 12.0. The largest absolute Gasteiger partial charge is 0.327 e. The summed E-state index contributed by atoms with van der Waals surface area (Å²) in [6.45, 7) is 1.65. The van der Waals surface area contributed by atoms with Gasteiger partial charge in [-0.3, -0.25) is 4.39 Å². The van der Waals surface area contributed by atoms with Crippen LogP contribution in [0.25, 0.3) is 0 Å². The van der Waals surface area contributed by atoms with E-state index in [0.29, 0.717) is 0 Å². The van der Waals surface area contributed by atoms with Crippen LogP contribution in [0.5, 0.6) is 0 Å². The molecule has 2 heteroatoms. The molecule has 1 fully saturated rings. The highest BCUT2D eigenvalue weighted by Gasteiger charge is 2.45. The molecular formula is C6H12FN. The average Bonchev–Trinajstić information content (AvgIpc) is 2.44. The van der Waals surface area contributed by atoms with Crippen molar-refractivity contribution in [3.05, 3.63) is 0 Å². The van der Waals surface area contributed by atoms with Crippen LogP contribution in [0.1, 0.15) is 19.8 Å². The molecule has 1 atom stereocenters. The number of rotatable bonds is 2. The first kappa shape index (κ1) is 6.02.